The van der Waals surface area contributed by atoms with E-state index in [0.29, 0.717) is 10.5 Å². The summed E-state index contributed by atoms with van der Waals surface area (Å²) in [6.07, 6.45) is 1.00. The summed E-state index contributed by atoms with van der Waals surface area (Å²) < 4.78 is 0.525. The Morgan fingerprint density at radius 2 is 1.94 bits per heavy atom. The third-order valence-corrected chi connectivity index (χ3v) is 6.14. The molecule has 0 amide bonds. The summed E-state index contributed by atoms with van der Waals surface area (Å²) >= 11 is 3.93. The first-order valence-electron chi connectivity index (χ1n) is 5.77. The van der Waals surface area contributed by atoms with Gasteiger partial charge in [-0.1, -0.05) is 30.3 Å². The number of hydrogen-bond acceptors (Lipinski definition) is 3. The van der Waals surface area contributed by atoms with Crippen LogP contribution in [0.1, 0.15) is 24.3 Å². The third kappa shape index (κ3) is 3.68. The number of carbonyl (C=O) groups is 1. The first kappa shape index (κ1) is 12.8. The molecular formula is C13H16O2S2. The van der Waals surface area contributed by atoms with Crippen molar-refractivity contribution in [2.45, 2.75) is 23.3 Å². The van der Waals surface area contributed by atoms with Gasteiger partial charge in [0.05, 0.1) is 4.58 Å². The lowest BCUT2D eigenvalue weighted by Gasteiger charge is -2.22. The van der Waals surface area contributed by atoms with Gasteiger partial charge in [0.1, 0.15) is 0 Å². The summed E-state index contributed by atoms with van der Waals surface area (Å²) in [7, 11) is 0. The Bertz CT molecular complexity index is 361. The predicted molar refractivity (Wildman–Crippen MR) is 74.8 cm³/mol. The Kier molecular flexibility index (Phi) is 4.80. The van der Waals surface area contributed by atoms with Gasteiger partial charge in [-0.3, -0.25) is 4.79 Å². The average molecular weight is 268 g/mol. The van der Waals surface area contributed by atoms with Crippen molar-refractivity contribution in [3.8, 4) is 0 Å². The summed E-state index contributed by atoms with van der Waals surface area (Å²) in [5.41, 5.74) is 1.28. The second-order valence-corrected chi connectivity index (χ2v) is 6.86. The van der Waals surface area contributed by atoms with Gasteiger partial charge in [0.15, 0.2) is 0 Å². The highest BCUT2D eigenvalue weighted by Crippen LogP contribution is 2.43. The Hall–Kier alpha value is -0.610. The van der Waals surface area contributed by atoms with Crippen LogP contribution < -0.4 is 0 Å². The zero-order chi connectivity index (χ0) is 12.1. The molecule has 0 aromatic heterocycles. The molecule has 1 heterocycles. The van der Waals surface area contributed by atoms with Crippen LogP contribution in [-0.4, -0.2) is 27.2 Å². The van der Waals surface area contributed by atoms with E-state index in [1.54, 1.807) is 0 Å². The van der Waals surface area contributed by atoms with E-state index >= 15 is 0 Å². The number of aliphatic carboxylic acids is 1. The predicted octanol–water partition coefficient (Wildman–Crippen LogP) is 3.44. The molecule has 4 heteroatoms. The van der Waals surface area contributed by atoms with E-state index in [1.165, 1.54) is 17.1 Å². The fourth-order valence-electron chi connectivity index (χ4n) is 2.05. The van der Waals surface area contributed by atoms with Crippen molar-refractivity contribution < 1.29 is 9.90 Å². The molecule has 92 valence electrons. The second kappa shape index (κ2) is 6.36. The summed E-state index contributed by atoms with van der Waals surface area (Å²) in [6.45, 7) is 0. The van der Waals surface area contributed by atoms with Crippen molar-refractivity contribution in [2.75, 3.05) is 11.5 Å². The minimum Gasteiger partial charge on any atom is -0.481 e. The third-order valence-electron chi connectivity index (χ3n) is 2.87. The second-order valence-electron chi connectivity index (χ2n) is 4.06. The lowest BCUT2D eigenvalue weighted by molar-refractivity contribution is -0.137. The minimum absolute atomic E-state index is 0.261. The highest BCUT2D eigenvalue weighted by atomic mass is 32.2. The van der Waals surface area contributed by atoms with E-state index in [-0.39, 0.29) is 6.42 Å². The first-order chi connectivity index (χ1) is 8.27. The molecular weight excluding hydrogens is 252 g/mol. The van der Waals surface area contributed by atoms with Gasteiger partial charge in [-0.25, -0.2) is 0 Å². The van der Waals surface area contributed by atoms with Crippen molar-refractivity contribution in [1.82, 2.24) is 0 Å². The Morgan fingerprint density at radius 3 is 2.53 bits per heavy atom. The molecule has 1 fully saturated rings. The molecule has 0 radical (unpaired) electrons. The molecule has 1 aliphatic heterocycles. The lowest BCUT2D eigenvalue weighted by Crippen LogP contribution is -2.12. The highest BCUT2D eigenvalue weighted by Gasteiger charge is 2.27. The van der Waals surface area contributed by atoms with Gasteiger partial charge < -0.3 is 5.11 Å². The number of hydrogen-bond donors (Lipinski definition) is 1. The van der Waals surface area contributed by atoms with E-state index in [0.717, 1.165) is 6.42 Å². The van der Waals surface area contributed by atoms with Gasteiger partial charge in [0, 0.05) is 23.8 Å². The van der Waals surface area contributed by atoms with E-state index in [1.807, 2.05) is 41.7 Å². The molecule has 1 aromatic carbocycles. The largest absolute Gasteiger partial charge is 0.481 e. The topological polar surface area (TPSA) is 37.3 Å². The molecule has 1 aromatic rings. The van der Waals surface area contributed by atoms with Gasteiger partial charge in [-0.2, -0.15) is 0 Å². The molecule has 1 N–H and O–H groups in total. The van der Waals surface area contributed by atoms with E-state index in [4.69, 9.17) is 5.11 Å². The molecule has 0 aliphatic carbocycles. The van der Waals surface area contributed by atoms with E-state index in [2.05, 4.69) is 12.1 Å². The fourth-order valence-corrected chi connectivity index (χ4v) is 5.30. The zero-order valence-corrected chi connectivity index (χ0v) is 11.2. The van der Waals surface area contributed by atoms with Crippen molar-refractivity contribution in [1.29, 1.82) is 0 Å². The van der Waals surface area contributed by atoms with Gasteiger partial charge in [-0.15, -0.1) is 23.5 Å². The van der Waals surface area contributed by atoms with Crippen molar-refractivity contribution in [3.05, 3.63) is 35.9 Å². The van der Waals surface area contributed by atoms with Gasteiger partial charge in [0.2, 0.25) is 0 Å². The fraction of sp³-hybridized carbons (Fsp3) is 0.462. The summed E-state index contributed by atoms with van der Waals surface area (Å²) in [4.78, 5) is 10.7. The molecule has 0 bridgehead atoms. The number of carboxylic acid groups (broad SMARTS) is 1. The van der Waals surface area contributed by atoms with Crippen molar-refractivity contribution in [2.24, 2.45) is 0 Å². The van der Waals surface area contributed by atoms with Crippen LogP contribution in [0.2, 0.25) is 0 Å². The maximum Gasteiger partial charge on any atom is 0.303 e. The van der Waals surface area contributed by atoms with Crippen LogP contribution in [-0.2, 0) is 4.79 Å². The molecule has 1 aliphatic rings. The Morgan fingerprint density at radius 1 is 1.29 bits per heavy atom. The van der Waals surface area contributed by atoms with E-state index in [9.17, 15) is 4.79 Å². The number of benzene rings is 1. The Labute approximate surface area is 110 Å². The molecule has 17 heavy (non-hydrogen) atoms. The molecule has 0 spiro atoms. The summed E-state index contributed by atoms with van der Waals surface area (Å²) in [5.74, 6) is 2.04. The van der Waals surface area contributed by atoms with Gasteiger partial charge in [0.25, 0.3) is 0 Å². The van der Waals surface area contributed by atoms with Crippen LogP contribution in [0.5, 0.6) is 0 Å². The molecule has 0 saturated carbocycles. The first-order valence-corrected chi connectivity index (χ1v) is 7.87. The lowest BCUT2D eigenvalue weighted by atomic mass is 9.96. The van der Waals surface area contributed by atoms with Crippen LogP contribution in [0, 0.1) is 0 Å². The zero-order valence-electron chi connectivity index (χ0n) is 9.54. The smallest absolute Gasteiger partial charge is 0.303 e. The minimum atomic E-state index is -0.695. The quantitative estimate of drug-likeness (QED) is 0.887. The van der Waals surface area contributed by atoms with Crippen LogP contribution in [0.25, 0.3) is 0 Å². The maximum absolute atomic E-state index is 10.7. The SMILES string of the molecule is O=C(O)CCC(c1ccccc1)C1SCCS1. The van der Waals surface area contributed by atoms with Crippen LogP contribution in [0.4, 0.5) is 0 Å². The standard InChI is InChI=1S/C13H16O2S2/c14-12(15)7-6-11(13-16-8-9-17-13)10-4-2-1-3-5-10/h1-5,11,13H,6-9H2,(H,14,15). The van der Waals surface area contributed by atoms with Crippen molar-refractivity contribution >= 4 is 29.5 Å². The molecule has 1 unspecified atom stereocenters. The number of thioether (sulfide) groups is 2. The van der Waals surface area contributed by atoms with Crippen molar-refractivity contribution in [3.63, 3.8) is 0 Å². The normalized spacial score (nSPS) is 18.1. The van der Waals surface area contributed by atoms with Crippen LogP contribution in [0.3, 0.4) is 0 Å². The average Bonchev–Trinajstić information content (AvgIpc) is 2.84. The van der Waals surface area contributed by atoms with E-state index < -0.39 is 5.97 Å². The molecule has 1 saturated heterocycles. The molecule has 2 rings (SSSR count). The monoisotopic (exact) mass is 268 g/mol. The highest BCUT2D eigenvalue weighted by molar-refractivity contribution is 8.20. The summed E-state index contributed by atoms with van der Waals surface area (Å²) in [5, 5.41) is 8.84. The number of rotatable bonds is 5. The van der Waals surface area contributed by atoms with Crippen LogP contribution in [0.15, 0.2) is 30.3 Å². The van der Waals surface area contributed by atoms with Crippen LogP contribution >= 0.6 is 23.5 Å². The molecule has 1 atom stereocenters. The van der Waals surface area contributed by atoms with Gasteiger partial charge >= 0.3 is 5.97 Å². The van der Waals surface area contributed by atoms with Gasteiger partial charge in [-0.05, 0) is 12.0 Å². The maximum atomic E-state index is 10.7. The number of carboxylic acids is 1. The molecule has 2 nitrogen and oxygen atoms in total. The Balaban J connectivity index is 2.08. The summed E-state index contributed by atoms with van der Waals surface area (Å²) in [6, 6.07) is 10.3.